The third-order valence-electron chi connectivity index (χ3n) is 3.83. The van der Waals surface area contributed by atoms with Crippen molar-refractivity contribution in [3.05, 3.63) is 72.7 Å². The second kappa shape index (κ2) is 6.52. The average molecular weight is 328 g/mol. The maximum Gasteiger partial charge on any atom is 0.163 e. The lowest BCUT2D eigenvalue weighted by molar-refractivity contribution is 1.02. The van der Waals surface area contributed by atoms with Crippen LogP contribution >= 0.6 is 0 Å². The van der Waals surface area contributed by atoms with Gasteiger partial charge in [0.15, 0.2) is 5.82 Å². The molecule has 0 bridgehead atoms. The highest BCUT2D eigenvalue weighted by Crippen LogP contribution is 2.31. The number of aromatic nitrogens is 5. The minimum absolute atomic E-state index is 0.639. The predicted octanol–water partition coefficient (Wildman–Crippen LogP) is 3.98. The first kappa shape index (κ1) is 15.0. The summed E-state index contributed by atoms with van der Waals surface area (Å²) in [6.45, 7) is 2.03. The topological polar surface area (TPSA) is 79.4 Å². The number of nitrogens with zero attached hydrogens (tertiary/aromatic N) is 4. The van der Waals surface area contributed by atoms with E-state index in [2.05, 4.69) is 30.5 Å². The Labute approximate surface area is 145 Å². The number of hydrogen-bond acceptors (Lipinski definition) is 5. The molecule has 0 atom stereocenters. The molecule has 0 aliphatic carbocycles. The molecule has 4 aromatic rings. The Kier molecular flexibility index (Phi) is 3.92. The summed E-state index contributed by atoms with van der Waals surface area (Å²) in [4.78, 5) is 12.4. The van der Waals surface area contributed by atoms with Crippen LogP contribution in [0.15, 0.2) is 67.1 Å². The summed E-state index contributed by atoms with van der Waals surface area (Å²) < 4.78 is 0. The van der Waals surface area contributed by atoms with Gasteiger partial charge in [0, 0.05) is 24.3 Å². The summed E-state index contributed by atoms with van der Waals surface area (Å²) in [6, 6.07) is 15.5. The maximum atomic E-state index is 4.67. The molecule has 0 unspecified atom stereocenters. The first-order valence-corrected chi connectivity index (χ1v) is 7.93. The molecule has 0 saturated carbocycles. The van der Waals surface area contributed by atoms with Crippen molar-refractivity contribution in [3.8, 4) is 22.8 Å². The van der Waals surface area contributed by atoms with Crippen LogP contribution in [0.5, 0.6) is 0 Å². The molecule has 0 saturated heterocycles. The lowest BCUT2D eigenvalue weighted by Gasteiger charge is -2.08. The second-order valence-electron chi connectivity index (χ2n) is 5.59. The molecule has 0 spiro atoms. The zero-order valence-electron chi connectivity index (χ0n) is 13.6. The van der Waals surface area contributed by atoms with Gasteiger partial charge in [-0.2, -0.15) is 5.10 Å². The van der Waals surface area contributed by atoms with Crippen LogP contribution in [0.3, 0.4) is 0 Å². The monoisotopic (exact) mass is 328 g/mol. The van der Waals surface area contributed by atoms with Crippen molar-refractivity contribution in [1.82, 2.24) is 25.1 Å². The molecule has 0 aliphatic rings. The van der Waals surface area contributed by atoms with E-state index >= 15 is 0 Å². The lowest BCUT2D eigenvalue weighted by atomic mass is 10.1. The molecule has 6 heteroatoms. The normalized spacial score (nSPS) is 10.6. The molecule has 0 fully saturated rings. The molecule has 3 aromatic heterocycles. The summed E-state index contributed by atoms with van der Waals surface area (Å²) in [6.07, 6.45) is 5.33. The van der Waals surface area contributed by atoms with E-state index in [-0.39, 0.29) is 0 Å². The van der Waals surface area contributed by atoms with Crippen LogP contribution in [0.4, 0.5) is 11.5 Å². The van der Waals surface area contributed by atoms with Gasteiger partial charge in [-0.1, -0.05) is 18.2 Å². The Morgan fingerprint density at radius 3 is 2.60 bits per heavy atom. The Morgan fingerprint density at radius 1 is 0.920 bits per heavy atom. The van der Waals surface area contributed by atoms with Crippen LogP contribution in [0, 0.1) is 6.92 Å². The zero-order chi connectivity index (χ0) is 17.1. The van der Waals surface area contributed by atoms with Crippen molar-refractivity contribution in [1.29, 1.82) is 0 Å². The fourth-order valence-corrected chi connectivity index (χ4v) is 2.63. The molecule has 6 nitrogen and oxygen atoms in total. The second-order valence-corrected chi connectivity index (χ2v) is 5.59. The van der Waals surface area contributed by atoms with Crippen molar-refractivity contribution in [2.24, 2.45) is 0 Å². The minimum atomic E-state index is 0.639. The highest BCUT2D eigenvalue weighted by atomic mass is 15.1. The van der Waals surface area contributed by atoms with E-state index in [1.165, 1.54) is 0 Å². The van der Waals surface area contributed by atoms with Gasteiger partial charge in [0.25, 0.3) is 0 Å². The molecule has 0 aliphatic heterocycles. The van der Waals surface area contributed by atoms with Crippen LogP contribution < -0.4 is 5.32 Å². The van der Waals surface area contributed by atoms with E-state index < -0.39 is 0 Å². The van der Waals surface area contributed by atoms with E-state index in [0.29, 0.717) is 5.82 Å². The van der Waals surface area contributed by atoms with Gasteiger partial charge in [0.05, 0.1) is 11.3 Å². The van der Waals surface area contributed by atoms with Gasteiger partial charge in [-0.25, -0.2) is 9.97 Å². The zero-order valence-corrected chi connectivity index (χ0v) is 13.6. The van der Waals surface area contributed by atoms with Crippen molar-refractivity contribution in [2.45, 2.75) is 6.92 Å². The quantitative estimate of drug-likeness (QED) is 0.592. The lowest BCUT2D eigenvalue weighted by Crippen LogP contribution is -1.97. The van der Waals surface area contributed by atoms with Gasteiger partial charge in [0.2, 0.25) is 0 Å². The number of aryl methyl sites for hydroxylation is 1. The number of rotatable bonds is 4. The fraction of sp³-hybridized carbons (Fsp3) is 0.0526. The molecule has 0 radical (unpaired) electrons. The molecule has 25 heavy (non-hydrogen) atoms. The number of benzene rings is 1. The number of para-hydroxylation sites is 1. The van der Waals surface area contributed by atoms with Crippen LogP contribution in [0.2, 0.25) is 0 Å². The van der Waals surface area contributed by atoms with Crippen molar-refractivity contribution in [3.63, 3.8) is 0 Å². The SMILES string of the molecule is Cc1c[nH]c(Nc2ccccc2)c1-c1nccc(-c2cccnn2)n1. The highest BCUT2D eigenvalue weighted by Gasteiger charge is 2.15. The Bertz CT molecular complexity index is 979. The van der Waals surface area contributed by atoms with Gasteiger partial charge in [0.1, 0.15) is 11.5 Å². The van der Waals surface area contributed by atoms with Crippen molar-refractivity contribution in [2.75, 3.05) is 5.32 Å². The summed E-state index contributed by atoms with van der Waals surface area (Å²) in [5.41, 5.74) is 4.46. The van der Waals surface area contributed by atoms with Gasteiger partial charge < -0.3 is 10.3 Å². The molecule has 1 aromatic carbocycles. The minimum Gasteiger partial charge on any atom is -0.347 e. The smallest absolute Gasteiger partial charge is 0.163 e. The van der Waals surface area contributed by atoms with Crippen LogP contribution in [-0.2, 0) is 0 Å². The molecule has 3 heterocycles. The Hall–Kier alpha value is -3.54. The van der Waals surface area contributed by atoms with Gasteiger partial charge in [-0.05, 0) is 42.8 Å². The first-order chi connectivity index (χ1) is 12.3. The van der Waals surface area contributed by atoms with E-state index in [1.54, 1.807) is 12.4 Å². The summed E-state index contributed by atoms with van der Waals surface area (Å²) in [7, 11) is 0. The Morgan fingerprint density at radius 2 is 1.80 bits per heavy atom. The first-order valence-electron chi connectivity index (χ1n) is 7.93. The van der Waals surface area contributed by atoms with Crippen molar-refractivity contribution >= 4 is 11.5 Å². The number of H-pyrrole nitrogens is 1. The average Bonchev–Trinajstić information content (AvgIpc) is 3.03. The molecule has 2 N–H and O–H groups in total. The predicted molar refractivity (Wildman–Crippen MR) is 97.3 cm³/mol. The summed E-state index contributed by atoms with van der Waals surface area (Å²) in [5.74, 6) is 1.50. The van der Waals surface area contributed by atoms with Crippen LogP contribution in [0.1, 0.15) is 5.56 Å². The number of anilines is 2. The number of hydrogen-bond donors (Lipinski definition) is 2. The third kappa shape index (κ3) is 3.10. The van der Waals surface area contributed by atoms with E-state index in [4.69, 9.17) is 0 Å². The number of nitrogens with one attached hydrogen (secondary N) is 2. The summed E-state index contributed by atoms with van der Waals surface area (Å²) in [5, 5.41) is 11.4. The van der Waals surface area contributed by atoms with Gasteiger partial charge in [-0.15, -0.1) is 5.10 Å². The molecular weight excluding hydrogens is 312 g/mol. The number of aromatic amines is 1. The largest absolute Gasteiger partial charge is 0.347 e. The summed E-state index contributed by atoms with van der Waals surface area (Å²) >= 11 is 0. The van der Waals surface area contributed by atoms with Crippen LogP contribution in [-0.4, -0.2) is 25.1 Å². The molecule has 0 amide bonds. The molecule has 122 valence electrons. The van der Waals surface area contributed by atoms with Gasteiger partial charge >= 0.3 is 0 Å². The van der Waals surface area contributed by atoms with Crippen LogP contribution in [0.25, 0.3) is 22.8 Å². The van der Waals surface area contributed by atoms with E-state index in [0.717, 1.165) is 34.0 Å². The third-order valence-corrected chi connectivity index (χ3v) is 3.83. The van der Waals surface area contributed by atoms with E-state index in [9.17, 15) is 0 Å². The van der Waals surface area contributed by atoms with Gasteiger partial charge in [-0.3, -0.25) is 0 Å². The molecular formula is C19H16N6. The van der Waals surface area contributed by atoms with Crippen molar-refractivity contribution < 1.29 is 0 Å². The standard InChI is InChI=1S/C19H16N6/c1-13-12-21-19(23-14-6-3-2-4-7-14)17(13)18-20-11-9-15(24-18)16-8-5-10-22-25-16/h2-12,21,23H,1H3. The Balaban J connectivity index is 1.74. The highest BCUT2D eigenvalue weighted by molar-refractivity contribution is 5.78. The fourth-order valence-electron chi connectivity index (χ4n) is 2.63. The molecule has 4 rings (SSSR count). The van der Waals surface area contributed by atoms with E-state index in [1.807, 2.05) is 61.7 Å². The maximum absolute atomic E-state index is 4.67.